The molecule has 1 aromatic carbocycles. The molecule has 0 unspecified atom stereocenters. The van der Waals surface area contributed by atoms with Crippen molar-refractivity contribution in [3.63, 3.8) is 0 Å². The predicted octanol–water partition coefficient (Wildman–Crippen LogP) is 2.42. The van der Waals surface area contributed by atoms with Crippen molar-refractivity contribution < 1.29 is 5.11 Å². The molecule has 2 nitrogen and oxygen atoms in total. The summed E-state index contributed by atoms with van der Waals surface area (Å²) in [5.74, 6) is 0. The van der Waals surface area contributed by atoms with Crippen LogP contribution in [0.2, 0.25) is 0 Å². The topological polar surface area (TPSA) is 32.3 Å². The zero-order valence-electron chi connectivity index (χ0n) is 9.83. The molecule has 2 heteroatoms. The Morgan fingerprint density at radius 3 is 2.33 bits per heavy atom. The van der Waals surface area contributed by atoms with Gasteiger partial charge in [-0.25, -0.2) is 0 Å². The first-order valence-corrected chi connectivity index (χ1v) is 5.57. The van der Waals surface area contributed by atoms with Gasteiger partial charge in [0.05, 0.1) is 6.10 Å². The van der Waals surface area contributed by atoms with Crippen molar-refractivity contribution in [2.45, 2.75) is 39.3 Å². The van der Waals surface area contributed by atoms with Crippen LogP contribution < -0.4 is 5.32 Å². The summed E-state index contributed by atoms with van der Waals surface area (Å²) in [4.78, 5) is 0. The molecule has 0 radical (unpaired) electrons. The average Bonchev–Trinajstić information content (AvgIpc) is 2.18. The predicted molar refractivity (Wildman–Crippen MR) is 63.9 cm³/mol. The summed E-state index contributed by atoms with van der Waals surface area (Å²) in [6, 6.07) is 8.90. The van der Waals surface area contributed by atoms with Crippen LogP contribution in [0.1, 0.15) is 37.4 Å². The van der Waals surface area contributed by atoms with Crippen LogP contribution >= 0.6 is 0 Å². The maximum atomic E-state index is 9.13. The highest BCUT2D eigenvalue weighted by Gasteiger charge is 2.04. The molecular formula is C13H21NO. The van der Waals surface area contributed by atoms with E-state index in [2.05, 4.69) is 43.4 Å². The number of aryl methyl sites for hydroxylation is 1. The number of rotatable bonds is 5. The van der Waals surface area contributed by atoms with Gasteiger partial charge in [-0.05, 0) is 39.3 Å². The molecule has 15 heavy (non-hydrogen) atoms. The summed E-state index contributed by atoms with van der Waals surface area (Å²) in [5.41, 5.74) is 2.58. The molecular weight excluding hydrogens is 186 g/mol. The average molecular weight is 207 g/mol. The van der Waals surface area contributed by atoms with E-state index < -0.39 is 0 Å². The van der Waals surface area contributed by atoms with E-state index >= 15 is 0 Å². The monoisotopic (exact) mass is 207 g/mol. The van der Waals surface area contributed by atoms with Crippen LogP contribution in [0, 0.1) is 6.92 Å². The molecule has 0 aliphatic carbocycles. The summed E-state index contributed by atoms with van der Waals surface area (Å²) in [6.07, 6.45) is 0.582. The number of hydrogen-bond acceptors (Lipinski definition) is 2. The summed E-state index contributed by atoms with van der Waals surface area (Å²) in [6.45, 7) is 6.91. The van der Waals surface area contributed by atoms with Crippen molar-refractivity contribution >= 4 is 0 Å². The summed E-state index contributed by atoms with van der Waals surface area (Å²) < 4.78 is 0. The van der Waals surface area contributed by atoms with Gasteiger partial charge in [-0.1, -0.05) is 29.8 Å². The third-order valence-electron chi connectivity index (χ3n) is 2.59. The Balaban J connectivity index is 2.40. The molecule has 2 N–H and O–H groups in total. The highest BCUT2D eigenvalue weighted by atomic mass is 16.3. The van der Waals surface area contributed by atoms with E-state index in [4.69, 9.17) is 5.11 Å². The molecule has 2 atom stereocenters. The van der Waals surface area contributed by atoms with E-state index in [1.165, 1.54) is 11.1 Å². The van der Waals surface area contributed by atoms with Crippen LogP contribution in [0.15, 0.2) is 24.3 Å². The van der Waals surface area contributed by atoms with E-state index in [9.17, 15) is 0 Å². The minimum Gasteiger partial charge on any atom is -0.393 e. The quantitative estimate of drug-likeness (QED) is 0.777. The molecule has 0 saturated carbocycles. The largest absolute Gasteiger partial charge is 0.393 e. The van der Waals surface area contributed by atoms with Crippen LogP contribution in [0.25, 0.3) is 0 Å². The Morgan fingerprint density at radius 1 is 1.20 bits per heavy atom. The zero-order chi connectivity index (χ0) is 11.3. The first-order valence-electron chi connectivity index (χ1n) is 5.57. The van der Waals surface area contributed by atoms with Crippen LogP contribution in [-0.4, -0.2) is 17.8 Å². The fourth-order valence-electron chi connectivity index (χ4n) is 1.48. The first kappa shape index (κ1) is 12.2. The van der Waals surface area contributed by atoms with E-state index in [0.717, 1.165) is 13.0 Å². The van der Waals surface area contributed by atoms with Gasteiger partial charge < -0.3 is 10.4 Å². The molecule has 84 valence electrons. The van der Waals surface area contributed by atoms with Crippen LogP contribution in [0.4, 0.5) is 0 Å². The van der Waals surface area contributed by atoms with Gasteiger partial charge >= 0.3 is 0 Å². The minimum atomic E-state index is -0.220. The second-order valence-corrected chi connectivity index (χ2v) is 4.22. The van der Waals surface area contributed by atoms with Crippen molar-refractivity contribution in [3.8, 4) is 0 Å². The Kier molecular flexibility index (Phi) is 4.79. The SMILES string of the molecule is Cc1ccc([C@@H](C)NCC[C@@H](C)O)cc1. The summed E-state index contributed by atoms with van der Waals surface area (Å²) >= 11 is 0. The Hall–Kier alpha value is -0.860. The van der Waals surface area contributed by atoms with Crippen molar-refractivity contribution in [3.05, 3.63) is 35.4 Å². The molecule has 0 amide bonds. The summed E-state index contributed by atoms with van der Waals surface area (Å²) in [5, 5.41) is 12.5. The highest BCUT2D eigenvalue weighted by molar-refractivity contribution is 5.23. The smallest absolute Gasteiger partial charge is 0.0524 e. The minimum absolute atomic E-state index is 0.220. The van der Waals surface area contributed by atoms with Gasteiger partial charge in [-0.3, -0.25) is 0 Å². The maximum absolute atomic E-state index is 9.13. The van der Waals surface area contributed by atoms with E-state index in [1.807, 2.05) is 6.92 Å². The maximum Gasteiger partial charge on any atom is 0.0524 e. The number of aliphatic hydroxyl groups is 1. The van der Waals surface area contributed by atoms with Crippen LogP contribution in [-0.2, 0) is 0 Å². The van der Waals surface area contributed by atoms with Gasteiger partial charge in [0.1, 0.15) is 0 Å². The molecule has 0 bridgehead atoms. The lowest BCUT2D eigenvalue weighted by molar-refractivity contribution is 0.182. The highest BCUT2D eigenvalue weighted by Crippen LogP contribution is 2.12. The van der Waals surface area contributed by atoms with E-state index in [-0.39, 0.29) is 6.10 Å². The second-order valence-electron chi connectivity index (χ2n) is 4.22. The lowest BCUT2D eigenvalue weighted by atomic mass is 10.1. The molecule has 0 aliphatic heterocycles. The normalized spacial score (nSPS) is 14.9. The fourth-order valence-corrected chi connectivity index (χ4v) is 1.48. The molecule has 1 aromatic rings. The number of hydrogen-bond donors (Lipinski definition) is 2. The molecule has 0 fully saturated rings. The molecule has 0 saturated heterocycles. The van der Waals surface area contributed by atoms with Gasteiger partial charge in [-0.15, -0.1) is 0 Å². The Bertz CT molecular complexity index is 279. The van der Waals surface area contributed by atoms with E-state index in [0.29, 0.717) is 6.04 Å². The zero-order valence-corrected chi connectivity index (χ0v) is 9.83. The number of benzene rings is 1. The number of nitrogens with one attached hydrogen (secondary N) is 1. The van der Waals surface area contributed by atoms with Gasteiger partial charge in [0.25, 0.3) is 0 Å². The fraction of sp³-hybridized carbons (Fsp3) is 0.538. The molecule has 0 heterocycles. The lowest BCUT2D eigenvalue weighted by Crippen LogP contribution is -2.22. The van der Waals surface area contributed by atoms with Crippen molar-refractivity contribution in [2.75, 3.05) is 6.54 Å². The standard InChI is InChI=1S/C13H21NO/c1-10-4-6-13(7-5-10)12(3)14-9-8-11(2)15/h4-7,11-12,14-15H,8-9H2,1-3H3/t11-,12-/m1/s1. The van der Waals surface area contributed by atoms with Gasteiger partial charge in [0, 0.05) is 6.04 Å². The number of aliphatic hydroxyl groups excluding tert-OH is 1. The van der Waals surface area contributed by atoms with Gasteiger partial charge in [-0.2, -0.15) is 0 Å². The lowest BCUT2D eigenvalue weighted by Gasteiger charge is -2.15. The third-order valence-corrected chi connectivity index (χ3v) is 2.59. The molecule has 1 rings (SSSR count). The Morgan fingerprint density at radius 2 is 1.80 bits per heavy atom. The first-order chi connectivity index (χ1) is 7.09. The van der Waals surface area contributed by atoms with E-state index in [1.54, 1.807) is 0 Å². The summed E-state index contributed by atoms with van der Waals surface area (Å²) in [7, 11) is 0. The van der Waals surface area contributed by atoms with Gasteiger partial charge in [0.2, 0.25) is 0 Å². The van der Waals surface area contributed by atoms with Gasteiger partial charge in [0.15, 0.2) is 0 Å². The third kappa shape index (κ3) is 4.45. The molecule has 0 aromatic heterocycles. The van der Waals surface area contributed by atoms with Crippen molar-refractivity contribution in [1.82, 2.24) is 5.32 Å². The van der Waals surface area contributed by atoms with Crippen molar-refractivity contribution in [1.29, 1.82) is 0 Å². The molecule has 0 aliphatic rings. The van der Waals surface area contributed by atoms with Crippen LogP contribution in [0.3, 0.4) is 0 Å². The molecule has 0 spiro atoms. The van der Waals surface area contributed by atoms with Crippen molar-refractivity contribution in [2.24, 2.45) is 0 Å². The second kappa shape index (κ2) is 5.89. The van der Waals surface area contributed by atoms with Crippen LogP contribution in [0.5, 0.6) is 0 Å². The Labute approximate surface area is 92.3 Å².